The van der Waals surface area contributed by atoms with Gasteiger partial charge in [0.05, 0.1) is 11.2 Å². The van der Waals surface area contributed by atoms with Crippen molar-refractivity contribution in [1.82, 2.24) is 15.3 Å². The quantitative estimate of drug-likeness (QED) is 0.727. The molecule has 0 bridgehead atoms. The Morgan fingerprint density at radius 3 is 3.00 bits per heavy atom. The molecule has 0 aromatic carbocycles. The van der Waals surface area contributed by atoms with Crippen molar-refractivity contribution in [2.24, 2.45) is 0 Å². The summed E-state index contributed by atoms with van der Waals surface area (Å²) in [6.45, 7) is 3.42. The molecule has 0 spiro atoms. The van der Waals surface area contributed by atoms with Gasteiger partial charge in [0.1, 0.15) is 10.7 Å². The van der Waals surface area contributed by atoms with E-state index >= 15 is 0 Å². The lowest BCUT2D eigenvalue weighted by atomic mass is 10.3. The van der Waals surface area contributed by atoms with Crippen molar-refractivity contribution in [2.75, 3.05) is 24.1 Å². The zero-order chi connectivity index (χ0) is 14.4. The molecule has 2 aromatic heterocycles. The maximum atomic E-state index is 12.0. The van der Waals surface area contributed by atoms with Gasteiger partial charge in [-0.2, -0.15) is 0 Å². The number of nitrogens with zero attached hydrogens (tertiary/aromatic N) is 2. The summed E-state index contributed by atoms with van der Waals surface area (Å²) in [5.41, 5.74) is 8.53. The Balaban J connectivity index is 1.86. The molecule has 0 aliphatic heterocycles. The van der Waals surface area contributed by atoms with E-state index in [-0.39, 0.29) is 11.7 Å². The minimum atomic E-state index is -0.181. The molecule has 0 atom stereocenters. The average molecular weight is 311 g/mol. The van der Waals surface area contributed by atoms with Crippen LogP contribution in [0.2, 0.25) is 0 Å². The summed E-state index contributed by atoms with van der Waals surface area (Å²) in [5, 5.41) is 8.62. The molecule has 108 valence electrons. The molecule has 4 N–H and O–H groups in total. The van der Waals surface area contributed by atoms with Crippen molar-refractivity contribution in [3.8, 4) is 0 Å². The molecule has 2 heterocycles. The molecule has 20 heavy (non-hydrogen) atoms. The van der Waals surface area contributed by atoms with Crippen LogP contribution < -0.4 is 16.4 Å². The molecule has 0 aliphatic carbocycles. The highest BCUT2D eigenvalue weighted by Gasteiger charge is 2.15. The Bertz CT molecular complexity index is 552. The molecular formula is C12H17N5OS2. The predicted octanol–water partition coefficient (Wildman–Crippen LogP) is 1.98. The average Bonchev–Trinajstić information content (AvgIpc) is 3.06. The van der Waals surface area contributed by atoms with Crippen LogP contribution in [0.15, 0.2) is 10.9 Å². The van der Waals surface area contributed by atoms with Crippen LogP contribution in [0.3, 0.4) is 0 Å². The van der Waals surface area contributed by atoms with Crippen LogP contribution in [-0.2, 0) is 6.42 Å². The molecule has 2 rings (SSSR count). The molecule has 0 radical (unpaired) electrons. The summed E-state index contributed by atoms with van der Waals surface area (Å²) in [6, 6.07) is 0. The van der Waals surface area contributed by atoms with E-state index in [1.54, 1.807) is 16.8 Å². The Kier molecular flexibility index (Phi) is 5.31. The van der Waals surface area contributed by atoms with Crippen molar-refractivity contribution >= 4 is 39.5 Å². The van der Waals surface area contributed by atoms with Crippen molar-refractivity contribution in [3.63, 3.8) is 0 Å². The lowest BCUT2D eigenvalue weighted by Crippen LogP contribution is -2.25. The summed E-state index contributed by atoms with van der Waals surface area (Å²) in [7, 11) is 0. The molecule has 6 nitrogen and oxygen atoms in total. The Morgan fingerprint density at radius 2 is 2.30 bits per heavy atom. The summed E-state index contributed by atoms with van der Waals surface area (Å²) in [5.74, 6) is 0.0968. The van der Waals surface area contributed by atoms with Crippen molar-refractivity contribution in [3.05, 3.63) is 21.5 Å². The number of nitrogens with two attached hydrogens (primary N) is 1. The van der Waals surface area contributed by atoms with Gasteiger partial charge in [0.25, 0.3) is 5.91 Å². The fraction of sp³-hybridized carbons (Fsp3) is 0.417. The second-order valence-electron chi connectivity index (χ2n) is 4.15. The number of hydrogen-bond donors (Lipinski definition) is 3. The Labute approximate surface area is 125 Å². The number of aromatic nitrogens is 2. The molecule has 8 heteroatoms. The van der Waals surface area contributed by atoms with Crippen LogP contribution in [0.5, 0.6) is 0 Å². The zero-order valence-corrected chi connectivity index (χ0v) is 12.8. The van der Waals surface area contributed by atoms with Gasteiger partial charge in [-0.15, -0.1) is 11.3 Å². The van der Waals surface area contributed by atoms with Crippen molar-refractivity contribution in [1.29, 1.82) is 0 Å². The van der Waals surface area contributed by atoms with Crippen LogP contribution in [0.1, 0.15) is 28.7 Å². The molecule has 0 saturated carbocycles. The lowest BCUT2D eigenvalue weighted by Gasteiger charge is -2.02. The third-order valence-corrected chi connectivity index (χ3v) is 4.20. The summed E-state index contributed by atoms with van der Waals surface area (Å²) in [6.07, 6.45) is 1.71. The maximum absolute atomic E-state index is 12.0. The summed E-state index contributed by atoms with van der Waals surface area (Å²) in [4.78, 5) is 20.8. The first-order valence-corrected chi connectivity index (χ1v) is 8.12. The van der Waals surface area contributed by atoms with E-state index in [9.17, 15) is 4.79 Å². The van der Waals surface area contributed by atoms with Gasteiger partial charge in [0.2, 0.25) is 0 Å². The minimum absolute atomic E-state index is 0.181. The molecule has 0 aliphatic rings. The largest absolute Gasteiger partial charge is 0.382 e. The van der Waals surface area contributed by atoms with E-state index in [1.165, 1.54) is 11.3 Å². The number of nitrogen functional groups attached to an aromatic ring is 1. The highest BCUT2D eigenvalue weighted by molar-refractivity contribution is 7.18. The highest BCUT2D eigenvalue weighted by Crippen LogP contribution is 2.24. The first kappa shape index (κ1) is 14.7. The SMILES string of the molecule is CCCNc1nc(N)c(C(=O)NCCc2cscn2)s1. The van der Waals surface area contributed by atoms with Crippen LogP contribution in [0.4, 0.5) is 10.9 Å². The normalized spacial score (nSPS) is 10.4. The van der Waals surface area contributed by atoms with E-state index in [1.807, 2.05) is 5.38 Å². The lowest BCUT2D eigenvalue weighted by molar-refractivity contribution is 0.0959. The molecule has 0 unspecified atom stereocenters. The fourth-order valence-corrected chi connectivity index (χ4v) is 2.97. The van der Waals surface area contributed by atoms with Gasteiger partial charge in [0, 0.05) is 24.9 Å². The molecule has 0 saturated heterocycles. The second-order valence-corrected chi connectivity index (χ2v) is 5.86. The number of nitrogens with one attached hydrogen (secondary N) is 2. The van der Waals surface area contributed by atoms with Crippen LogP contribution >= 0.6 is 22.7 Å². The van der Waals surface area contributed by atoms with Gasteiger partial charge < -0.3 is 16.4 Å². The van der Waals surface area contributed by atoms with Gasteiger partial charge in [-0.1, -0.05) is 18.3 Å². The van der Waals surface area contributed by atoms with Gasteiger partial charge in [0.15, 0.2) is 5.13 Å². The number of amides is 1. The summed E-state index contributed by atoms with van der Waals surface area (Å²) < 4.78 is 0. The third-order valence-electron chi connectivity index (χ3n) is 2.54. The molecule has 2 aromatic rings. The Hall–Kier alpha value is -1.67. The van der Waals surface area contributed by atoms with E-state index in [4.69, 9.17) is 5.73 Å². The van der Waals surface area contributed by atoms with Crippen LogP contribution in [-0.4, -0.2) is 29.0 Å². The molecular weight excluding hydrogens is 294 g/mol. The monoisotopic (exact) mass is 311 g/mol. The van der Waals surface area contributed by atoms with E-state index in [0.717, 1.165) is 25.1 Å². The number of hydrogen-bond acceptors (Lipinski definition) is 7. The van der Waals surface area contributed by atoms with Gasteiger partial charge >= 0.3 is 0 Å². The number of carbonyl (C=O) groups is 1. The number of rotatable bonds is 7. The second kappa shape index (κ2) is 7.20. The molecule has 1 amide bonds. The first-order valence-electron chi connectivity index (χ1n) is 6.36. The van der Waals surface area contributed by atoms with Gasteiger partial charge in [-0.25, -0.2) is 9.97 Å². The van der Waals surface area contributed by atoms with E-state index in [2.05, 4.69) is 27.5 Å². The van der Waals surface area contributed by atoms with Crippen molar-refractivity contribution < 1.29 is 4.79 Å². The first-order chi connectivity index (χ1) is 9.70. The molecule has 0 fully saturated rings. The highest BCUT2D eigenvalue weighted by atomic mass is 32.1. The van der Waals surface area contributed by atoms with E-state index < -0.39 is 0 Å². The van der Waals surface area contributed by atoms with Gasteiger partial charge in [-0.05, 0) is 6.42 Å². The fourth-order valence-electron chi connectivity index (χ4n) is 1.55. The summed E-state index contributed by atoms with van der Waals surface area (Å²) >= 11 is 2.83. The minimum Gasteiger partial charge on any atom is -0.382 e. The number of carbonyl (C=O) groups excluding carboxylic acids is 1. The van der Waals surface area contributed by atoms with Gasteiger partial charge in [-0.3, -0.25) is 4.79 Å². The number of thiazole rings is 2. The van der Waals surface area contributed by atoms with Crippen molar-refractivity contribution in [2.45, 2.75) is 19.8 Å². The van der Waals surface area contributed by atoms with Crippen LogP contribution in [0, 0.1) is 0 Å². The number of anilines is 2. The Morgan fingerprint density at radius 1 is 1.45 bits per heavy atom. The predicted molar refractivity (Wildman–Crippen MR) is 83.5 cm³/mol. The maximum Gasteiger partial charge on any atom is 0.265 e. The van der Waals surface area contributed by atoms with E-state index in [0.29, 0.717) is 16.6 Å². The third kappa shape index (κ3) is 3.91. The smallest absolute Gasteiger partial charge is 0.265 e. The topological polar surface area (TPSA) is 92.9 Å². The standard InChI is InChI=1S/C12H17N5OS2/c1-2-4-15-12-17-10(13)9(20-12)11(18)14-5-3-8-6-19-7-16-8/h6-7H,2-5,13H2,1H3,(H,14,18)(H,15,17). The zero-order valence-electron chi connectivity index (χ0n) is 11.2. The van der Waals surface area contributed by atoms with Crippen LogP contribution in [0.25, 0.3) is 0 Å².